The molecule has 0 aliphatic heterocycles. The molecule has 0 fully saturated rings. The van der Waals surface area contributed by atoms with Crippen LogP contribution in [0.15, 0.2) is 66.9 Å². The van der Waals surface area contributed by atoms with Crippen LogP contribution in [-0.2, 0) is 0 Å². The van der Waals surface area contributed by atoms with E-state index >= 15 is 0 Å². The van der Waals surface area contributed by atoms with Crippen LogP contribution < -0.4 is 11.5 Å². The topological polar surface area (TPSA) is 124 Å². The van der Waals surface area contributed by atoms with Gasteiger partial charge in [-0.25, -0.2) is 0 Å². The Morgan fingerprint density at radius 2 is 1.50 bits per heavy atom. The van der Waals surface area contributed by atoms with Crippen LogP contribution in [0.4, 0.5) is 11.5 Å². The third kappa shape index (κ3) is 2.39. The monoisotopic (exact) mass is 368 g/mol. The molecular formula is C20H16N8. The number of nitrogens with two attached hydrogens (primary N) is 2. The van der Waals surface area contributed by atoms with Gasteiger partial charge in [-0.05, 0) is 5.56 Å². The van der Waals surface area contributed by atoms with Crippen LogP contribution in [0.25, 0.3) is 39.2 Å². The second kappa shape index (κ2) is 6.20. The third-order valence-corrected chi connectivity index (χ3v) is 4.61. The van der Waals surface area contributed by atoms with Crippen molar-refractivity contribution in [2.24, 2.45) is 0 Å². The van der Waals surface area contributed by atoms with Gasteiger partial charge in [0.2, 0.25) is 0 Å². The first-order chi connectivity index (χ1) is 13.7. The van der Waals surface area contributed by atoms with Crippen molar-refractivity contribution >= 4 is 22.5 Å². The van der Waals surface area contributed by atoms with E-state index in [1.807, 2.05) is 60.7 Å². The number of H-pyrrole nitrogens is 1. The van der Waals surface area contributed by atoms with E-state index < -0.39 is 0 Å². The lowest BCUT2D eigenvalue weighted by Crippen LogP contribution is -2.05. The molecular weight excluding hydrogens is 352 g/mol. The molecule has 5 rings (SSSR count). The number of rotatable bonds is 3. The quantitative estimate of drug-likeness (QED) is 0.449. The van der Waals surface area contributed by atoms with Crippen molar-refractivity contribution in [3.05, 3.63) is 66.9 Å². The highest BCUT2D eigenvalue weighted by Crippen LogP contribution is 2.38. The molecule has 5 N–H and O–H groups in total. The number of nitrogen functional groups attached to an aromatic ring is 2. The molecule has 0 unspecified atom stereocenters. The Morgan fingerprint density at radius 1 is 0.821 bits per heavy atom. The maximum atomic E-state index is 6.11. The summed E-state index contributed by atoms with van der Waals surface area (Å²) in [4.78, 5) is 0. The SMILES string of the molecule is Nc1cnn(-c2n[nH]c3nnc(-c4ccccc4)c(-c4ccccc4)c23)c1N. The van der Waals surface area contributed by atoms with Crippen molar-refractivity contribution in [2.45, 2.75) is 0 Å². The van der Waals surface area contributed by atoms with Crippen LogP contribution in [0, 0.1) is 0 Å². The molecule has 0 saturated heterocycles. The number of aromatic nitrogens is 6. The van der Waals surface area contributed by atoms with Crippen molar-refractivity contribution in [3.8, 4) is 28.2 Å². The third-order valence-electron chi connectivity index (χ3n) is 4.61. The number of fused-ring (bicyclic) bond motifs is 1. The van der Waals surface area contributed by atoms with Gasteiger partial charge in [-0.3, -0.25) is 5.10 Å². The van der Waals surface area contributed by atoms with Crippen molar-refractivity contribution in [1.29, 1.82) is 0 Å². The highest BCUT2D eigenvalue weighted by Gasteiger charge is 2.22. The molecule has 0 saturated carbocycles. The van der Waals surface area contributed by atoms with Crippen molar-refractivity contribution in [1.82, 2.24) is 30.2 Å². The summed E-state index contributed by atoms with van der Waals surface area (Å²) >= 11 is 0. The number of aromatic amines is 1. The smallest absolute Gasteiger partial charge is 0.187 e. The van der Waals surface area contributed by atoms with E-state index in [9.17, 15) is 0 Å². The summed E-state index contributed by atoms with van der Waals surface area (Å²) < 4.78 is 1.51. The zero-order valence-electron chi connectivity index (χ0n) is 14.7. The molecule has 3 heterocycles. The molecule has 0 radical (unpaired) electrons. The highest BCUT2D eigenvalue weighted by molar-refractivity contribution is 6.03. The molecule has 0 aliphatic rings. The molecule has 0 spiro atoms. The van der Waals surface area contributed by atoms with Gasteiger partial charge in [-0.1, -0.05) is 60.7 Å². The van der Waals surface area contributed by atoms with Crippen LogP contribution in [-0.4, -0.2) is 30.2 Å². The molecule has 0 aliphatic carbocycles. The van der Waals surface area contributed by atoms with E-state index in [-0.39, 0.29) is 0 Å². The fraction of sp³-hybridized carbons (Fsp3) is 0. The van der Waals surface area contributed by atoms with E-state index in [0.29, 0.717) is 23.0 Å². The molecule has 5 aromatic rings. The number of nitrogens with one attached hydrogen (secondary N) is 1. The zero-order chi connectivity index (χ0) is 19.1. The van der Waals surface area contributed by atoms with Crippen LogP contribution >= 0.6 is 0 Å². The molecule has 2 aromatic carbocycles. The van der Waals surface area contributed by atoms with Crippen LogP contribution in [0.1, 0.15) is 0 Å². The van der Waals surface area contributed by atoms with Gasteiger partial charge >= 0.3 is 0 Å². The number of hydrogen-bond acceptors (Lipinski definition) is 6. The first-order valence-electron chi connectivity index (χ1n) is 8.69. The minimum atomic E-state index is 0.325. The van der Waals surface area contributed by atoms with Gasteiger partial charge in [0.05, 0.1) is 17.3 Å². The highest BCUT2D eigenvalue weighted by atomic mass is 15.4. The second-order valence-corrected chi connectivity index (χ2v) is 6.32. The Hall–Kier alpha value is -4.20. The molecule has 3 aromatic heterocycles. The normalized spacial score (nSPS) is 11.1. The Kier molecular flexibility index (Phi) is 3.55. The summed E-state index contributed by atoms with van der Waals surface area (Å²) in [5.41, 5.74) is 16.5. The Balaban J connectivity index is 1.90. The molecule has 136 valence electrons. The predicted octanol–water partition coefficient (Wildman–Crippen LogP) is 3.04. The van der Waals surface area contributed by atoms with Crippen LogP contribution in [0.5, 0.6) is 0 Å². The second-order valence-electron chi connectivity index (χ2n) is 6.32. The maximum absolute atomic E-state index is 6.11. The summed E-state index contributed by atoms with van der Waals surface area (Å²) in [5.74, 6) is 0.848. The zero-order valence-corrected chi connectivity index (χ0v) is 14.7. The van der Waals surface area contributed by atoms with E-state index in [0.717, 1.165) is 27.8 Å². The lowest BCUT2D eigenvalue weighted by atomic mass is 9.97. The van der Waals surface area contributed by atoms with Crippen LogP contribution in [0.3, 0.4) is 0 Å². The molecule has 0 amide bonds. The average molecular weight is 368 g/mol. The Morgan fingerprint density at radius 3 is 2.14 bits per heavy atom. The first kappa shape index (κ1) is 16.0. The fourth-order valence-corrected chi connectivity index (χ4v) is 3.27. The van der Waals surface area contributed by atoms with E-state index in [1.54, 1.807) is 0 Å². The number of nitrogens with zero attached hydrogens (tertiary/aromatic N) is 5. The van der Waals surface area contributed by atoms with Crippen molar-refractivity contribution in [2.75, 3.05) is 11.5 Å². The lowest BCUT2D eigenvalue weighted by molar-refractivity contribution is 0.850. The van der Waals surface area contributed by atoms with Gasteiger partial charge in [0.25, 0.3) is 0 Å². The van der Waals surface area contributed by atoms with Gasteiger partial charge in [0.1, 0.15) is 5.69 Å². The fourth-order valence-electron chi connectivity index (χ4n) is 3.27. The summed E-state index contributed by atoms with van der Waals surface area (Å²) in [6.45, 7) is 0. The molecule has 0 bridgehead atoms. The minimum Gasteiger partial charge on any atom is -0.394 e. The largest absolute Gasteiger partial charge is 0.394 e. The van der Waals surface area contributed by atoms with E-state index in [4.69, 9.17) is 11.5 Å². The van der Waals surface area contributed by atoms with Gasteiger partial charge in [0, 0.05) is 11.1 Å². The number of anilines is 2. The minimum absolute atomic E-state index is 0.325. The predicted molar refractivity (Wildman–Crippen MR) is 109 cm³/mol. The molecule has 8 heteroatoms. The van der Waals surface area contributed by atoms with Gasteiger partial charge in [-0.2, -0.15) is 14.9 Å². The van der Waals surface area contributed by atoms with Crippen molar-refractivity contribution in [3.63, 3.8) is 0 Å². The van der Waals surface area contributed by atoms with Gasteiger partial charge in [-0.15, -0.1) is 10.2 Å². The number of benzene rings is 2. The number of hydrogen-bond donors (Lipinski definition) is 3. The summed E-state index contributed by atoms with van der Waals surface area (Å²) in [6, 6.07) is 19.9. The van der Waals surface area contributed by atoms with E-state index in [2.05, 4.69) is 25.5 Å². The summed E-state index contributed by atoms with van der Waals surface area (Å²) in [6.07, 6.45) is 1.50. The molecule has 28 heavy (non-hydrogen) atoms. The summed E-state index contributed by atoms with van der Waals surface area (Å²) in [7, 11) is 0. The Labute approximate surface area is 159 Å². The van der Waals surface area contributed by atoms with Gasteiger partial charge < -0.3 is 11.5 Å². The van der Waals surface area contributed by atoms with Gasteiger partial charge in [0.15, 0.2) is 17.3 Å². The lowest BCUT2D eigenvalue weighted by Gasteiger charge is -2.11. The van der Waals surface area contributed by atoms with Crippen molar-refractivity contribution < 1.29 is 0 Å². The Bertz CT molecular complexity index is 1270. The van der Waals surface area contributed by atoms with Crippen LogP contribution in [0.2, 0.25) is 0 Å². The average Bonchev–Trinajstić information content (AvgIpc) is 3.32. The molecule has 0 atom stereocenters. The standard InChI is InChI=1S/C20H16N8/c21-14-11-23-28(18(14)22)20-16-15(12-7-3-1-4-8-12)17(13-9-5-2-6-10-13)24-25-19(16)26-27-20/h1-11H,21-22H2,(H,25,26,27). The first-order valence-corrected chi connectivity index (χ1v) is 8.69. The molecule has 8 nitrogen and oxygen atoms in total. The maximum Gasteiger partial charge on any atom is 0.187 e. The summed E-state index contributed by atoms with van der Waals surface area (Å²) in [5, 5.41) is 21.2. The van der Waals surface area contributed by atoms with E-state index in [1.165, 1.54) is 10.9 Å².